The fourth-order valence-corrected chi connectivity index (χ4v) is 5.18. The van der Waals surface area contributed by atoms with Crippen LogP contribution in [0, 0.1) is 23.7 Å². The summed E-state index contributed by atoms with van der Waals surface area (Å²) in [5.41, 5.74) is 7.09. The minimum Gasteiger partial charge on any atom is -0.324 e. The standard InChI is InChI=1S/C16H29N/c1-2-5-12-8-10-13(11-9-12)16(17)14-6-3-4-7-15(14)16/h12-15H,2-11,17H2,1H3. The second kappa shape index (κ2) is 4.57. The first kappa shape index (κ1) is 12.0. The van der Waals surface area contributed by atoms with Crippen molar-refractivity contribution in [2.75, 3.05) is 0 Å². The van der Waals surface area contributed by atoms with Gasteiger partial charge in [0.25, 0.3) is 0 Å². The zero-order chi connectivity index (χ0) is 11.9. The summed E-state index contributed by atoms with van der Waals surface area (Å²) in [7, 11) is 0. The number of nitrogens with two attached hydrogens (primary N) is 1. The molecule has 1 nitrogen and oxygen atoms in total. The lowest BCUT2D eigenvalue weighted by molar-refractivity contribution is 0.210. The van der Waals surface area contributed by atoms with Gasteiger partial charge in [-0.3, -0.25) is 0 Å². The van der Waals surface area contributed by atoms with E-state index in [2.05, 4.69) is 6.92 Å². The van der Waals surface area contributed by atoms with Crippen LogP contribution in [0.5, 0.6) is 0 Å². The molecule has 0 radical (unpaired) electrons. The molecule has 2 atom stereocenters. The fraction of sp³-hybridized carbons (Fsp3) is 1.00. The Hall–Kier alpha value is -0.0400. The molecule has 3 aliphatic carbocycles. The minimum atomic E-state index is 0.299. The van der Waals surface area contributed by atoms with E-state index in [1.165, 1.54) is 64.2 Å². The molecule has 0 saturated heterocycles. The van der Waals surface area contributed by atoms with Gasteiger partial charge in [0.2, 0.25) is 0 Å². The Morgan fingerprint density at radius 1 is 0.941 bits per heavy atom. The molecule has 0 aliphatic heterocycles. The lowest BCUT2D eigenvalue weighted by Gasteiger charge is -2.33. The van der Waals surface area contributed by atoms with Crippen molar-refractivity contribution < 1.29 is 0 Å². The third kappa shape index (κ3) is 1.95. The van der Waals surface area contributed by atoms with Crippen LogP contribution in [0.25, 0.3) is 0 Å². The molecule has 3 saturated carbocycles. The normalized spacial score (nSPS) is 49.8. The maximum atomic E-state index is 6.79. The number of fused-ring (bicyclic) bond motifs is 1. The van der Waals surface area contributed by atoms with E-state index in [9.17, 15) is 0 Å². The van der Waals surface area contributed by atoms with Crippen molar-refractivity contribution in [2.24, 2.45) is 29.4 Å². The Bertz CT molecular complexity index is 253. The average Bonchev–Trinajstić information content (AvgIpc) is 2.99. The average molecular weight is 235 g/mol. The number of hydrogen-bond acceptors (Lipinski definition) is 1. The molecule has 0 bridgehead atoms. The molecule has 98 valence electrons. The molecule has 1 heteroatoms. The van der Waals surface area contributed by atoms with Crippen LogP contribution < -0.4 is 5.73 Å². The first-order chi connectivity index (χ1) is 8.26. The molecule has 0 aromatic carbocycles. The van der Waals surface area contributed by atoms with Crippen LogP contribution >= 0.6 is 0 Å². The van der Waals surface area contributed by atoms with Crippen molar-refractivity contribution in [3.63, 3.8) is 0 Å². The van der Waals surface area contributed by atoms with E-state index >= 15 is 0 Å². The first-order valence-electron chi connectivity index (χ1n) is 8.05. The molecular formula is C16H29N. The predicted octanol–water partition coefficient (Wildman–Crippen LogP) is 4.11. The van der Waals surface area contributed by atoms with Crippen molar-refractivity contribution in [1.82, 2.24) is 0 Å². The lowest BCUT2D eigenvalue weighted by Crippen LogP contribution is -2.38. The third-order valence-corrected chi connectivity index (χ3v) is 6.19. The summed E-state index contributed by atoms with van der Waals surface area (Å²) in [4.78, 5) is 0. The SMILES string of the molecule is CCCC1CCC(C2(N)C3CCCCC32)CC1. The Morgan fingerprint density at radius 3 is 2.06 bits per heavy atom. The summed E-state index contributed by atoms with van der Waals surface area (Å²) in [6, 6.07) is 0. The van der Waals surface area contributed by atoms with Gasteiger partial charge in [-0.25, -0.2) is 0 Å². The highest BCUT2D eigenvalue weighted by Gasteiger charge is 2.65. The van der Waals surface area contributed by atoms with E-state index in [1.807, 2.05) is 0 Å². The molecule has 0 aromatic rings. The van der Waals surface area contributed by atoms with Gasteiger partial charge in [0.15, 0.2) is 0 Å². The fourth-order valence-electron chi connectivity index (χ4n) is 5.18. The Balaban J connectivity index is 1.56. The molecule has 3 rings (SSSR count). The van der Waals surface area contributed by atoms with E-state index in [0.29, 0.717) is 5.54 Å². The van der Waals surface area contributed by atoms with E-state index < -0.39 is 0 Å². The molecule has 3 fully saturated rings. The van der Waals surface area contributed by atoms with Crippen LogP contribution in [-0.4, -0.2) is 5.54 Å². The highest BCUT2D eigenvalue weighted by atomic mass is 14.9. The van der Waals surface area contributed by atoms with Gasteiger partial charge in [0, 0.05) is 5.54 Å². The van der Waals surface area contributed by atoms with Crippen molar-refractivity contribution in [1.29, 1.82) is 0 Å². The zero-order valence-corrected chi connectivity index (χ0v) is 11.5. The summed E-state index contributed by atoms with van der Waals surface area (Å²) in [6.45, 7) is 2.33. The molecule has 17 heavy (non-hydrogen) atoms. The Morgan fingerprint density at radius 2 is 1.53 bits per heavy atom. The molecule has 3 aliphatic rings. The van der Waals surface area contributed by atoms with Gasteiger partial charge in [-0.05, 0) is 49.4 Å². The molecule has 0 amide bonds. The van der Waals surface area contributed by atoms with Gasteiger partial charge in [-0.1, -0.05) is 45.4 Å². The largest absolute Gasteiger partial charge is 0.324 e. The monoisotopic (exact) mass is 235 g/mol. The van der Waals surface area contributed by atoms with Crippen LogP contribution in [0.2, 0.25) is 0 Å². The van der Waals surface area contributed by atoms with E-state index in [-0.39, 0.29) is 0 Å². The maximum absolute atomic E-state index is 6.79. The summed E-state index contributed by atoms with van der Waals surface area (Å²) >= 11 is 0. The van der Waals surface area contributed by atoms with Gasteiger partial charge in [0.1, 0.15) is 0 Å². The lowest BCUT2D eigenvalue weighted by atomic mass is 9.75. The van der Waals surface area contributed by atoms with E-state index in [4.69, 9.17) is 5.73 Å². The summed E-state index contributed by atoms with van der Waals surface area (Å²) in [6.07, 6.45) is 14.4. The van der Waals surface area contributed by atoms with Gasteiger partial charge in [0.05, 0.1) is 0 Å². The second-order valence-electron chi connectivity index (χ2n) is 7.00. The number of rotatable bonds is 3. The van der Waals surface area contributed by atoms with Gasteiger partial charge in [-0.2, -0.15) is 0 Å². The smallest absolute Gasteiger partial charge is 0.0246 e. The molecule has 0 aromatic heterocycles. The highest BCUT2D eigenvalue weighted by Crippen LogP contribution is 2.62. The van der Waals surface area contributed by atoms with Crippen LogP contribution in [0.3, 0.4) is 0 Å². The van der Waals surface area contributed by atoms with Gasteiger partial charge < -0.3 is 5.73 Å². The summed E-state index contributed by atoms with van der Waals surface area (Å²) in [5.74, 6) is 3.75. The predicted molar refractivity (Wildman–Crippen MR) is 72.7 cm³/mol. The number of hydrogen-bond donors (Lipinski definition) is 1. The molecule has 2 unspecified atom stereocenters. The van der Waals surface area contributed by atoms with Crippen LogP contribution in [-0.2, 0) is 0 Å². The molecule has 0 spiro atoms. The first-order valence-corrected chi connectivity index (χ1v) is 8.05. The Labute approximate surface area is 107 Å². The summed E-state index contributed by atoms with van der Waals surface area (Å²) < 4.78 is 0. The topological polar surface area (TPSA) is 26.0 Å². The highest BCUT2D eigenvalue weighted by molar-refractivity contribution is 5.19. The maximum Gasteiger partial charge on any atom is 0.0246 e. The van der Waals surface area contributed by atoms with Crippen LogP contribution in [0.15, 0.2) is 0 Å². The zero-order valence-electron chi connectivity index (χ0n) is 11.5. The van der Waals surface area contributed by atoms with Crippen molar-refractivity contribution >= 4 is 0 Å². The van der Waals surface area contributed by atoms with Crippen molar-refractivity contribution in [3.05, 3.63) is 0 Å². The molecular weight excluding hydrogens is 206 g/mol. The van der Waals surface area contributed by atoms with Crippen molar-refractivity contribution in [2.45, 2.75) is 76.7 Å². The van der Waals surface area contributed by atoms with Gasteiger partial charge >= 0.3 is 0 Å². The second-order valence-corrected chi connectivity index (χ2v) is 7.00. The Kier molecular flexibility index (Phi) is 3.23. The van der Waals surface area contributed by atoms with Crippen molar-refractivity contribution in [3.8, 4) is 0 Å². The third-order valence-electron chi connectivity index (χ3n) is 6.19. The van der Waals surface area contributed by atoms with E-state index in [0.717, 1.165) is 23.7 Å². The van der Waals surface area contributed by atoms with Crippen LogP contribution in [0.1, 0.15) is 71.1 Å². The van der Waals surface area contributed by atoms with E-state index in [1.54, 1.807) is 0 Å². The molecule has 0 heterocycles. The minimum absolute atomic E-state index is 0.299. The summed E-state index contributed by atoms with van der Waals surface area (Å²) in [5, 5.41) is 0. The quantitative estimate of drug-likeness (QED) is 0.782. The van der Waals surface area contributed by atoms with Gasteiger partial charge in [-0.15, -0.1) is 0 Å². The molecule has 2 N–H and O–H groups in total. The van der Waals surface area contributed by atoms with Crippen LogP contribution in [0.4, 0.5) is 0 Å².